The first-order chi connectivity index (χ1) is 11.6. The van der Waals surface area contributed by atoms with E-state index in [1.54, 1.807) is 37.3 Å². The lowest BCUT2D eigenvalue weighted by atomic mass is 10.1. The molecular formula is C17H23N5O2. The number of rotatable bonds is 4. The predicted molar refractivity (Wildman–Crippen MR) is 89.4 cm³/mol. The van der Waals surface area contributed by atoms with Crippen molar-refractivity contribution in [1.82, 2.24) is 14.8 Å². The topological polar surface area (TPSA) is 81.5 Å². The minimum atomic E-state index is -0.0422. The molecule has 24 heavy (non-hydrogen) atoms. The molecule has 7 nitrogen and oxygen atoms in total. The van der Waals surface area contributed by atoms with Gasteiger partial charge in [-0.1, -0.05) is 0 Å². The van der Waals surface area contributed by atoms with Crippen LogP contribution >= 0.6 is 0 Å². The van der Waals surface area contributed by atoms with Gasteiger partial charge in [-0.15, -0.1) is 0 Å². The number of amides is 1. The SMILES string of the molecule is CN(C)C(=O)C[C@H]1CN2C[C@H](Nc3ncccc3C#N)C[C@H]2CO1. The number of anilines is 1. The van der Waals surface area contributed by atoms with Gasteiger partial charge in [-0.05, 0) is 18.6 Å². The molecule has 2 saturated heterocycles. The Balaban J connectivity index is 1.57. The van der Waals surface area contributed by atoms with Crippen molar-refractivity contribution in [3.63, 3.8) is 0 Å². The van der Waals surface area contributed by atoms with E-state index in [4.69, 9.17) is 10.00 Å². The average molecular weight is 329 g/mol. The van der Waals surface area contributed by atoms with Crippen molar-refractivity contribution in [2.24, 2.45) is 0 Å². The number of carbonyl (C=O) groups is 1. The number of ether oxygens (including phenoxy) is 1. The molecule has 1 amide bonds. The Bertz CT molecular complexity index is 642. The second kappa shape index (κ2) is 7.16. The summed E-state index contributed by atoms with van der Waals surface area (Å²) < 4.78 is 5.87. The summed E-state index contributed by atoms with van der Waals surface area (Å²) in [6.07, 6.45) is 3.03. The molecule has 128 valence electrons. The first-order valence-electron chi connectivity index (χ1n) is 8.24. The van der Waals surface area contributed by atoms with Crippen molar-refractivity contribution < 1.29 is 9.53 Å². The molecule has 0 aromatic carbocycles. The van der Waals surface area contributed by atoms with Crippen molar-refractivity contribution in [2.45, 2.75) is 31.0 Å². The molecular weight excluding hydrogens is 306 g/mol. The summed E-state index contributed by atoms with van der Waals surface area (Å²) >= 11 is 0. The third-order valence-corrected chi connectivity index (χ3v) is 4.66. The quantitative estimate of drug-likeness (QED) is 0.875. The average Bonchev–Trinajstić information content (AvgIpc) is 2.96. The van der Waals surface area contributed by atoms with Crippen LogP contribution in [0.2, 0.25) is 0 Å². The molecule has 7 heteroatoms. The van der Waals surface area contributed by atoms with Gasteiger partial charge in [0.15, 0.2) is 0 Å². The highest BCUT2D eigenvalue weighted by molar-refractivity contribution is 5.76. The number of hydrogen-bond acceptors (Lipinski definition) is 6. The highest BCUT2D eigenvalue weighted by Crippen LogP contribution is 2.26. The summed E-state index contributed by atoms with van der Waals surface area (Å²) in [5.74, 6) is 0.740. The monoisotopic (exact) mass is 329 g/mol. The second-order valence-corrected chi connectivity index (χ2v) is 6.64. The van der Waals surface area contributed by atoms with Gasteiger partial charge in [-0.3, -0.25) is 9.69 Å². The Morgan fingerprint density at radius 3 is 3.12 bits per heavy atom. The molecule has 2 aliphatic rings. The summed E-state index contributed by atoms with van der Waals surface area (Å²) in [4.78, 5) is 20.1. The number of fused-ring (bicyclic) bond motifs is 1. The summed E-state index contributed by atoms with van der Waals surface area (Å²) in [6, 6.07) is 6.30. The highest BCUT2D eigenvalue weighted by atomic mass is 16.5. The van der Waals surface area contributed by atoms with Gasteiger partial charge in [0.05, 0.1) is 24.7 Å². The van der Waals surface area contributed by atoms with Gasteiger partial charge in [-0.25, -0.2) is 4.98 Å². The summed E-state index contributed by atoms with van der Waals surface area (Å²) in [7, 11) is 3.53. The predicted octanol–water partition coefficient (Wildman–Crippen LogP) is 0.685. The number of aromatic nitrogens is 1. The van der Waals surface area contributed by atoms with E-state index in [2.05, 4.69) is 21.3 Å². The minimum Gasteiger partial charge on any atom is -0.375 e. The van der Waals surface area contributed by atoms with Gasteiger partial charge >= 0.3 is 0 Å². The first kappa shape index (κ1) is 16.7. The fourth-order valence-corrected chi connectivity index (χ4v) is 3.35. The first-order valence-corrected chi connectivity index (χ1v) is 8.24. The van der Waals surface area contributed by atoms with Gasteiger partial charge in [0.1, 0.15) is 11.9 Å². The van der Waals surface area contributed by atoms with Crippen LogP contribution in [-0.4, -0.2) is 72.7 Å². The number of nitriles is 1. The fraction of sp³-hybridized carbons (Fsp3) is 0.588. The van der Waals surface area contributed by atoms with Crippen molar-refractivity contribution >= 4 is 11.7 Å². The fourth-order valence-electron chi connectivity index (χ4n) is 3.35. The third kappa shape index (κ3) is 3.66. The lowest BCUT2D eigenvalue weighted by Gasteiger charge is -2.35. The maximum absolute atomic E-state index is 11.9. The number of hydrogen-bond donors (Lipinski definition) is 1. The zero-order valence-electron chi connectivity index (χ0n) is 14.1. The molecule has 0 saturated carbocycles. The van der Waals surface area contributed by atoms with E-state index in [9.17, 15) is 4.79 Å². The van der Waals surface area contributed by atoms with Crippen LogP contribution in [0.5, 0.6) is 0 Å². The van der Waals surface area contributed by atoms with Gasteiger partial charge < -0.3 is 15.0 Å². The molecule has 2 aliphatic heterocycles. The van der Waals surface area contributed by atoms with Crippen LogP contribution in [-0.2, 0) is 9.53 Å². The molecule has 0 spiro atoms. The van der Waals surface area contributed by atoms with E-state index < -0.39 is 0 Å². The Kier molecular flexibility index (Phi) is 4.97. The zero-order chi connectivity index (χ0) is 17.1. The lowest BCUT2D eigenvalue weighted by molar-refractivity contribution is -0.134. The van der Waals surface area contributed by atoms with E-state index in [1.165, 1.54) is 0 Å². The van der Waals surface area contributed by atoms with Gasteiger partial charge in [0, 0.05) is 45.5 Å². The second-order valence-electron chi connectivity index (χ2n) is 6.64. The maximum atomic E-state index is 11.9. The number of morpholine rings is 1. The van der Waals surface area contributed by atoms with Crippen LogP contribution in [0.25, 0.3) is 0 Å². The Hall–Kier alpha value is -2.17. The van der Waals surface area contributed by atoms with Crippen LogP contribution in [0.4, 0.5) is 5.82 Å². The van der Waals surface area contributed by atoms with E-state index in [1.807, 2.05) is 0 Å². The molecule has 0 unspecified atom stereocenters. The van der Waals surface area contributed by atoms with Crippen LogP contribution in [0, 0.1) is 11.3 Å². The van der Waals surface area contributed by atoms with E-state index in [0.717, 1.165) is 19.5 Å². The number of carbonyl (C=O) groups excluding carboxylic acids is 1. The normalized spacial score (nSPS) is 26.5. The van der Waals surface area contributed by atoms with Crippen molar-refractivity contribution in [3.8, 4) is 6.07 Å². The van der Waals surface area contributed by atoms with Crippen LogP contribution in [0.3, 0.4) is 0 Å². The molecule has 3 atom stereocenters. The molecule has 0 aliphatic carbocycles. The molecule has 0 radical (unpaired) electrons. The van der Waals surface area contributed by atoms with Crippen molar-refractivity contribution in [3.05, 3.63) is 23.9 Å². The molecule has 1 aromatic heterocycles. The minimum absolute atomic E-state index is 0.0422. The largest absolute Gasteiger partial charge is 0.375 e. The molecule has 3 rings (SSSR count). The Labute approximate surface area is 142 Å². The number of nitrogens with zero attached hydrogens (tertiary/aromatic N) is 4. The van der Waals surface area contributed by atoms with Gasteiger partial charge in [0.25, 0.3) is 0 Å². The van der Waals surface area contributed by atoms with Gasteiger partial charge in [-0.2, -0.15) is 5.26 Å². The number of pyridine rings is 1. The van der Waals surface area contributed by atoms with E-state index >= 15 is 0 Å². The van der Waals surface area contributed by atoms with Crippen molar-refractivity contribution in [1.29, 1.82) is 5.26 Å². The maximum Gasteiger partial charge on any atom is 0.224 e. The molecule has 2 fully saturated rings. The molecule has 1 aromatic rings. The Morgan fingerprint density at radius 1 is 1.54 bits per heavy atom. The summed E-state index contributed by atoms with van der Waals surface area (Å²) in [6.45, 7) is 2.30. The zero-order valence-corrected chi connectivity index (χ0v) is 14.1. The summed E-state index contributed by atoms with van der Waals surface area (Å²) in [5, 5.41) is 12.6. The molecule has 1 N–H and O–H groups in total. The van der Waals surface area contributed by atoms with E-state index in [-0.39, 0.29) is 18.1 Å². The summed E-state index contributed by atoms with van der Waals surface area (Å²) in [5.41, 5.74) is 0.563. The molecule has 0 bridgehead atoms. The van der Waals surface area contributed by atoms with Crippen LogP contribution < -0.4 is 5.32 Å². The Morgan fingerprint density at radius 2 is 2.38 bits per heavy atom. The highest BCUT2D eigenvalue weighted by Gasteiger charge is 2.38. The van der Waals surface area contributed by atoms with Crippen molar-refractivity contribution in [2.75, 3.05) is 39.1 Å². The smallest absolute Gasteiger partial charge is 0.224 e. The molecule has 3 heterocycles. The third-order valence-electron chi connectivity index (χ3n) is 4.66. The number of nitrogens with one attached hydrogen (secondary N) is 1. The lowest BCUT2D eigenvalue weighted by Crippen LogP contribution is -2.47. The standard InChI is InChI=1S/C17H23N5O2/c1-21(2)16(23)7-15-10-22-9-13(6-14(22)11-24-15)20-17-12(8-18)4-3-5-19-17/h3-5,13-15H,6-7,9-11H2,1-2H3,(H,19,20)/t13-,14+,15+/m1/s1. The van der Waals surface area contributed by atoms with Crippen LogP contribution in [0.15, 0.2) is 18.3 Å². The van der Waals surface area contributed by atoms with E-state index in [0.29, 0.717) is 30.5 Å². The van der Waals surface area contributed by atoms with Gasteiger partial charge in [0.2, 0.25) is 5.91 Å². The van der Waals surface area contributed by atoms with Crippen LogP contribution in [0.1, 0.15) is 18.4 Å².